The number of hydrogen-bond acceptors (Lipinski definition) is 9. The Hall–Kier alpha value is -4.43. The lowest BCUT2D eigenvalue weighted by Crippen LogP contribution is -2.33. The standard InChI is InChI=1S/C22H25ClFN7O2.C8H8O3/c1-13-10-26-22(28-17-2-4-33-5-3-17)30-20(13)31-11-19(27-12-31)21(32)29-18(9-25)14-6-15(23)8-16(24)7-14;9-7(8(10)11)6-4-2-1-3-5-6/h6-8,10-12,17-18H,2-5,9,25H2,1H3,(H,29,32)(H,26,28,30);1-5,7,9H,(H,10,11)/t18-;7-/m10/s1. The number of amides is 1. The zero-order valence-electron chi connectivity index (χ0n) is 23.9. The zero-order valence-corrected chi connectivity index (χ0v) is 24.6. The van der Waals surface area contributed by atoms with Crippen molar-refractivity contribution in [2.75, 3.05) is 25.1 Å². The molecule has 2 atom stereocenters. The number of ether oxygens (including phenoxy) is 1. The topological polar surface area (TPSA) is 178 Å². The summed E-state index contributed by atoms with van der Waals surface area (Å²) in [5, 5.41) is 23.7. The van der Waals surface area contributed by atoms with E-state index in [1.165, 1.54) is 18.5 Å². The molecule has 1 fully saturated rings. The van der Waals surface area contributed by atoms with Crippen LogP contribution in [0, 0.1) is 12.7 Å². The smallest absolute Gasteiger partial charge is 0.337 e. The lowest BCUT2D eigenvalue weighted by Gasteiger charge is -2.23. The predicted molar refractivity (Wildman–Crippen MR) is 161 cm³/mol. The van der Waals surface area contributed by atoms with E-state index in [4.69, 9.17) is 32.3 Å². The molecule has 232 valence electrons. The van der Waals surface area contributed by atoms with Gasteiger partial charge in [-0.1, -0.05) is 41.9 Å². The molecular weight excluding hydrogens is 593 g/mol. The fourth-order valence-electron chi connectivity index (χ4n) is 4.41. The van der Waals surface area contributed by atoms with Gasteiger partial charge in [0.1, 0.15) is 23.7 Å². The predicted octanol–water partition coefficient (Wildman–Crippen LogP) is 3.59. The number of carbonyl (C=O) groups excluding carboxylic acids is 1. The van der Waals surface area contributed by atoms with Gasteiger partial charge in [-0.05, 0) is 49.1 Å². The number of nitrogens with zero attached hydrogens (tertiary/aromatic N) is 4. The van der Waals surface area contributed by atoms with Gasteiger partial charge in [0.25, 0.3) is 5.91 Å². The quantitative estimate of drug-likeness (QED) is 0.185. The first-order valence-corrected chi connectivity index (χ1v) is 14.2. The van der Waals surface area contributed by atoms with E-state index >= 15 is 0 Å². The highest BCUT2D eigenvalue weighted by Crippen LogP contribution is 2.21. The Bertz CT molecular complexity index is 1550. The molecule has 0 saturated carbocycles. The summed E-state index contributed by atoms with van der Waals surface area (Å²) in [6.45, 7) is 3.37. The van der Waals surface area contributed by atoms with Crippen LogP contribution in [-0.2, 0) is 9.53 Å². The van der Waals surface area contributed by atoms with Crippen molar-refractivity contribution in [3.8, 4) is 5.82 Å². The van der Waals surface area contributed by atoms with Crippen molar-refractivity contribution in [2.45, 2.75) is 38.0 Å². The maximum absolute atomic E-state index is 13.7. The highest BCUT2D eigenvalue weighted by molar-refractivity contribution is 6.30. The third kappa shape index (κ3) is 8.80. The number of aliphatic hydroxyl groups is 1. The van der Waals surface area contributed by atoms with E-state index in [-0.39, 0.29) is 23.3 Å². The third-order valence-electron chi connectivity index (χ3n) is 6.74. The molecule has 1 amide bonds. The monoisotopic (exact) mass is 625 g/mol. The lowest BCUT2D eigenvalue weighted by molar-refractivity contribution is -0.146. The highest BCUT2D eigenvalue weighted by atomic mass is 35.5. The van der Waals surface area contributed by atoms with Crippen LogP contribution < -0.4 is 16.4 Å². The van der Waals surface area contributed by atoms with Gasteiger partial charge in [-0.2, -0.15) is 4.98 Å². The number of nitrogens with one attached hydrogen (secondary N) is 2. The minimum absolute atomic E-state index is 0.0679. The Morgan fingerprint density at radius 2 is 1.89 bits per heavy atom. The van der Waals surface area contributed by atoms with Crippen LogP contribution in [0.15, 0.2) is 67.3 Å². The summed E-state index contributed by atoms with van der Waals surface area (Å²) >= 11 is 5.93. The number of rotatable bonds is 9. The molecule has 4 aromatic rings. The molecule has 12 nitrogen and oxygen atoms in total. The number of hydrogen-bond donors (Lipinski definition) is 5. The van der Waals surface area contributed by atoms with Crippen molar-refractivity contribution < 1.29 is 28.9 Å². The first kappa shape index (κ1) is 32.5. The van der Waals surface area contributed by atoms with Crippen LogP contribution in [0.2, 0.25) is 5.02 Å². The Morgan fingerprint density at radius 3 is 2.55 bits per heavy atom. The maximum Gasteiger partial charge on any atom is 0.337 e. The van der Waals surface area contributed by atoms with E-state index in [1.807, 2.05) is 6.92 Å². The number of aromatic nitrogens is 4. The second-order valence-electron chi connectivity index (χ2n) is 10.0. The summed E-state index contributed by atoms with van der Waals surface area (Å²) in [6, 6.07) is 11.9. The third-order valence-corrected chi connectivity index (χ3v) is 6.96. The number of aliphatic hydroxyl groups excluding tert-OH is 1. The van der Waals surface area contributed by atoms with E-state index < -0.39 is 29.8 Å². The Kier molecular flexibility index (Phi) is 11.3. The molecule has 1 saturated heterocycles. The minimum Gasteiger partial charge on any atom is -0.479 e. The average molecular weight is 626 g/mol. The van der Waals surface area contributed by atoms with Gasteiger partial charge in [-0.25, -0.2) is 19.2 Å². The molecule has 0 bridgehead atoms. The molecule has 14 heteroatoms. The van der Waals surface area contributed by atoms with Crippen molar-refractivity contribution in [2.24, 2.45) is 5.73 Å². The second-order valence-corrected chi connectivity index (χ2v) is 10.4. The largest absolute Gasteiger partial charge is 0.479 e. The van der Waals surface area contributed by atoms with Crippen molar-refractivity contribution >= 4 is 29.4 Å². The van der Waals surface area contributed by atoms with Crippen LogP contribution in [0.5, 0.6) is 0 Å². The first-order valence-electron chi connectivity index (χ1n) is 13.8. The molecule has 2 aromatic carbocycles. The van der Waals surface area contributed by atoms with E-state index in [1.54, 1.807) is 53.4 Å². The number of carboxylic acids is 1. The molecule has 0 unspecified atom stereocenters. The highest BCUT2D eigenvalue weighted by Gasteiger charge is 2.20. The van der Waals surface area contributed by atoms with Gasteiger partial charge < -0.3 is 31.3 Å². The van der Waals surface area contributed by atoms with Gasteiger partial charge in [0.05, 0.1) is 6.04 Å². The maximum atomic E-state index is 13.7. The normalized spacial score (nSPS) is 14.6. The van der Waals surface area contributed by atoms with Crippen LogP contribution >= 0.6 is 11.6 Å². The van der Waals surface area contributed by atoms with Crippen molar-refractivity contribution in [1.82, 2.24) is 24.8 Å². The molecular formula is C30H33ClFN7O5. The van der Waals surface area contributed by atoms with Crippen LogP contribution in [-0.4, -0.2) is 67.4 Å². The number of carboxylic acid groups (broad SMARTS) is 1. The second kappa shape index (κ2) is 15.3. The zero-order chi connectivity index (χ0) is 31.6. The van der Waals surface area contributed by atoms with Gasteiger partial charge in [-0.3, -0.25) is 9.36 Å². The summed E-state index contributed by atoms with van der Waals surface area (Å²) in [5.74, 6) is -1.06. The first-order chi connectivity index (χ1) is 21.1. The van der Waals surface area contributed by atoms with E-state index in [0.29, 0.717) is 36.1 Å². The summed E-state index contributed by atoms with van der Waals surface area (Å²) in [6.07, 6.45) is 5.19. The number of aliphatic carboxylic acids is 1. The van der Waals surface area contributed by atoms with Gasteiger partial charge in [0.2, 0.25) is 5.95 Å². The lowest BCUT2D eigenvalue weighted by atomic mass is 10.1. The van der Waals surface area contributed by atoms with Crippen LogP contribution in [0.25, 0.3) is 5.82 Å². The number of anilines is 1. The van der Waals surface area contributed by atoms with Crippen molar-refractivity contribution in [3.05, 3.63) is 100 Å². The molecule has 0 radical (unpaired) electrons. The summed E-state index contributed by atoms with van der Waals surface area (Å²) in [5.41, 5.74) is 7.68. The summed E-state index contributed by atoms with van der Waals surface area (Å²) in [7, 11) is 0. The SMILES string of the molecule is Cc1cnc(NC2CCOCC2)nc1-n1cnc(C(=O)N[C@H](CN)c2cc(F)cc(Cl)c2)c1.O=C(O)[C@@H](O)c1ccccc1. The van der Waals surface area contributed by atoms with E-state index in [9.17, 15) is 14.0 Å². The molecule has 1 aliphatic rings. The van der Waals surface area contributed by atoms with Crippen LogP contribution in [0.3, 0.4) is 0 Å². The Labute approximate surface area is 258 Å². The van der Waals surface area contributed by atoms with E-state index in [0.717, 1.165) is 18.4 Å². The Balaban J connectivity index is 0.000000339. The van der Waals surface area contributed by atoms with Gasteiger partial charge in [0.15, 0.2) is 6.10 Å². The fraction of sp³-hybridized carbons (Fsp3) is 0.300. The molecule has 0 spiro atoms. The number of benzene rings is 2. The van der Waals surface area contributed by atoms with Gasteiger partial charge in [-0.15, -0.1) is 0 Å². The summed E-state index contributed by atoms with van der Waals surface area (Å²) in [4.78, 5) is 36.2. The van der Waals surface area contributed by atoms with Crippen molar-refractivity contribution in [3.63, 3.8) is 0 Å². The number of aryl methyl sites for hydroxylation is 1. The average Bonchev–Trinajstić information content (AvgIpc) is 3.51. The minimum atomic E-state index is -1.41. The number of carbonyl (C=O) groups is 2. The Morgan fingerprint density at radius 1 is 1.16 bits per heavy atom. The van der Waals surface area contributed by atoms with Crippen LogP contribution in [0.1, 0.15) is 52.2 Å². The van der Waals surface area contributed by atoms with Crippen molar-refractivity contribution in [1.29, 1.82) is 0 Å². The molecule has 3 heterocycles. The molecule has 0 aliphatic carbocycles. The van der Waals surface area contributed by atoms with Crippen LogP contribution in [0.4, 0.5) is 10.3 Å². The molecule has 2 aromatic heterocycles. The molecule has 44 heavy (non-hydrogen) atoms. The van der Waals surface area contributed by atoms with Gasteiger partial charge in [0, 0.05) is 48.8 Å². The number of halogens is 2. The molecule has 1 aliphatic heterocycles. The molecule has 6 N–H and O–H groups in total. The number of imidazole rings is 1. The summed E-state index contributed by atoms with van der Waals surface area (Å²) < 4.78 is 20.8. The van der Waals surface area contributed by atoms with E-state index in [2.05, 4.69) is 25.6 Å². The fourth-order valence-corrected chi connectivity index (χ4v) is 4.64. The molecule has 5 rings (SSSR count). The van der Waals surface area contributed by atoms with Gasteiger partial charge >= 0.3 is 5.97 Å². The number of nitrogens with two attached hydrogens (primary N) is 1.